The summed E-state index contributed by atoms with van der Waals surface area (Å²) >= 11 is 2.84. The van der Waals surface area contributed by atoms with Crippen molar-refractivity contribution in [2.24, 2.45) is 0 Å². The van der Waals surface area contributed by atoms with E-state index in [9.17, 15) is 4.79 Å². The van der Waals surface area contributed by atoms with Gasteiger partial charge >= 0.3 is 5.97 Å². The lowest BCUT2D eigenvalue weighted by molar-refractivity contribution is -0.142. The van der Waals surface area contributed by atoms with Gasteiger partial charge in [-0.1, -0.05) is 23.1 Å². The summed E-state index contributed by atoms with van der Waals surface area (Å²) in [6.45, 7) is 4.01. The number of hydrogen-bond donors (Lipinski definition) is 0. The van der Waals surface area contributed by atoms with Gasteiger partial charge < -0.3 is 9.64 Å². The quantitative estimate of drug-likeness (QED) is 0.593. The van der Waals surface area contributed by atoms with E-state index >= 15 is 0 Å². The Balaban J connectivity index is 2.55. The van der Waals surface area contributed by atoms with Crippen LogP contribution >= 0.6 is 23.1 Å². The van der Waals surface area contributed by atoms with Crippen LogP contribution in [0.1, 0.15) is 13.8 Å². The molecule has 0 radical (unpaired) electrons. The number of hydrogen-bond acceptors (Lipinski definition) is 7. The second kappa shape index (κ2) is 6.05. The molecule has 0 fully saturated rings. The number of carbonyl (C=O) groups excluding carboxylic acids is 1. The van der Waals surface area contributed by atoms with Gasteiger partial charge in [0, 0.05) is 14.1 Å². The van der Waals surface area contributed by atoms with Gasteiger partial charge in [-0.25, -0.2) is 0 Å². The smallest absolute Gasteiger partial charge is 0.319 e. The van der Waals surface area contributed by atoms with Gasteiger partial charge in [0.05, 0.1) is 6.61 Å². The lowest BCUT2D eigenvalue weighted by Gasteiger charge is -2.07. The van der Waals surface area contributed by atoms with E-state index in [0.717, 1.165) is 9.47 Å². The number of esters is 1. The Kier molecular flexibility index (Phi) is 5.01. The molecule has 1 rings (SSSR count). The molecule has 5 nitrogen and oxygen atoms in total. The molecule has 0 N–H and O–H groups in total. The van der Waals surface area contributed by atoms with Crippen molar-refractivity contribution < 1.29 is 9.53 Å². The van der Waals surface area contributed by atoms with Crippen LogP contribution in [0.2, 0.25) is 0 Å². The summed E-state index contributed by atoms with van der Waals surface area (Å²) in [5.74, 6) is -0.214. The summed E-state index contributed by atoms with van der Waals surface area (Å²) in [6.07, 6.45) is 0. The summed E-state index contributed by atoms with van der Waals surface area (Å²) in [4.78, 5) is 13.3. The number of nitrogens with zero attached hydrogens (tertiary/aromatic N) is 3. The van der Waals surface area contributed by atoms with Crippen molar-refractivity contribution in [3.05, 3.63) is 0 Å². The average molecular weight is 261 g/mol. The van der Waals surface area contributed by atoms with E-state index in [1.54, 1.807) is 13.8 Å². The van der Waals surface area contributed by atoms with Crippen molar-refractivity contribution in [1.29, 1.82) is 0 Å². The number of aromatic nitrogens is 2. The molecule has 0 spiro atoms. The van der Waals surface area contributed by atoms with Crippen molar-refractivity contribution >= 4 is 34.2 Å². The number of ether oxygens (including phenoxy) is 1. The zero-order valence-electron chi connectivity index (χ0n) is 9.76. The molecular formula is C9H15N3O2S2. The molecule has 0 saturated heterocycles. The molecule has 90 valence electrons. The molecule has 0 amide bonds. The minimum Gasteiger partial charge on any atom is -0.465 e. The second-order valence-corrected chi connectivity index (χ2v) is 5.80. The first-order valence-corrected chi connectivity index (χ1v) is 6.58. The van der Waals surface area contributed by atoms with Crippen LogP contribution in [0, 0.1) is 0 Å². The van der Waals surface area contributed by atoms with E-state index in [1.807, 2.05) is 19.0 Å². The minimum absolute atomic E-state index is 0.214. The zero-order chi connectivity index (χ0) is 12.1. The van der Waals surface area contributed by atoms with Gasteiger partial charge in [-0.3, -0.25) is 4.79 Å². The predicted molar refractivity (Wildman–Crippen MR) is 66.2 cm³/mol. The molecule has 0 aliphatic carbocycles. The van der Waals surface area contributed by atoms with E-state index in [1.165, 1.54) is 23.1 Å². The molecule has 16 heavy (non-hydrogen) atoms. The Labute approximate surface area is 103 Å². The minimum atomic E-state index is -0.247. The maximum absolute atomic E-state index is 11.4. The first-order valence-electron chi connectivity index (χ1n) is 4.88. The highest BCUT2D eigenvalue weighted by Crippen LogP contribution is 2.30. The van der Waals surface area contributed by atoms with Gasteiger partial charge in [-0.15, -0.1) is 10.2 Å². The van der Waals surface area contributed by atoms with Crippen LogP contribution in [0.25, 0.3) is 0 Å². The lowest BCUT2D eigenvalue weighted by Crippen LogP contribution is -2.16. The van der Waals surface area contributed by atoms with Crippen LogP contribution in [0.15, 0.2) is 4.34 Å². The Bertz CT molecular complexity index is 354. The molecule has 1 atom stereocenters. The number of anilines is 1. The van der Waals surface area contributed by atoms with Gasteiger partial charge in [0.15, 0.2) is 4.34 Å². The van der Waals surface area contributed by atoms with Crippen LogP contribution in [-0.2, 0) is 9.53 Å². The Morgan fingerprint density at radius 3 is 2.75 bits per heavy atom. The average Bonchev–Trinajstić information content (AvgIpc) is 2.66. The first-order chi connectivity index (χ1) is 7.54. The number of rotatable bonds is 5. The highest BCUT2D eigenvalue weighted by atomic mass is 32.2. The van der Waals surface area contributed by atoms with Crippen molar-refractivity contribution in [3.8, 4) is 0 Å². The molecule has 0 saturated carbocycles. The van der Waals surface area contributed by atoms with Gasteiger partial charge in [0.25, 0.3) is 0 Å². The highest BCUT2D eigenvalue weighted by Gasteiger charge is 2.18. The summed E-state index contributed by atoms with van der Waals surface area (Å²) in [6, 6.07) is 0. The Morgan fingerprint density at radius 1 is 1.56 bits per heavy atom. The van der Waals surface area contributed by atoms with Crippen molar-refractivity contribution in [2.75, 3.05) is 25.6 Å². The molecule has 0 bridgehead atoms. The fourth-order valence-electron chi connectivity index (χ4n) is 0.890. The standard InChI is InChI=1S/C9H15N3O2S2/c1-5-14-7(13)6(2)15-9-11-10-8(16-9)12(3)4/h6H,5H2,1-4H3. The summed E-state index contributed by atoms with van der Waals surface area (Å²) in [5, 5.41) is 8.58. The summed E-state index contributed by atoms with van der Waals surface area (Å²) in [5.41, 5.74) is 0. The molecule has 1 heterocycles. The summed E-state index contributed by atoms with van der Waals surface area (Å²) < 4.78 is 5.70. The van der Waals surface area contributed by atoms with Crippen LogP contribution in [0.5, 0.6) is 0 Å². The summed E-state index contributed by atoms with van der Waals surface area (Å²) in [7, 11) is 3.81. The topological polar surface area (TPSA) is 55.3 Å². The van der Waals surface area contributed by atoms with Crippen LogP contribution in [-0.4, -0.2) is 42.1 Å². The molecular weight excluding hydrogens is 246 g/mol. The van der Waals surface area contributed by atoms with Crippen LogP contribution in [0.3, 0.4) is 0 Å². The molecule has 0 aliphatic rings. The monoisotopic (exact) mass is 261 g/mol. The third-order valence-electron chi connectivity index (χ3n) is 1.67. The largest absolute Gasteiger partial charge is 0.465 e. The lowest BCUT2D eigenvalue weighted by atomic mass is 10.5. The fraction of sp³-hybridized carbons (Fsp3) is 0.667. The van der Waals surface area contributed by atoms with Crippen molar-refractivity contribution in [3.63, 3.8) is 0 Å². The van der Waals surface area contributed by atoms with Crippen LogP contribution in [0.4, 0.5) is 5.13 Å². The maximum Gasteiger partial charge on any atom is 0.319 e. The molecule has 1 aromatic heterocycles. The van der Waals surface area contributed by atoms with E-state index in [4.69, 9.17) is 4.74 Å². The van der Waals surface area contributed by atoms with E-state index in [-0.39, 0.29) is 11.2 Å². The van der Waals surface area contributed by atoms with Gasteiger partial charge in [0.2, 0.25) is 5.13 Å². The van der Waals surface area contributed by atoms with E-state index in [2.05, 4.69) is 10.2 Å². The van der Waals surface area contributed by atoms with Gasteiger partial charge in [-0.2, -0.15) is 0 Å². The van der Waals surface area contributed by atoms with Gasteiger partial charge in [-0.05, 0) is 13.8 Å². The van der Waals surface area contributed by atoms with Crippen molar-refractivity contribution in [2.45, 2.75) is 23.4 Å². The first kappa shape index (κ1) is 13.2. The molecule has 1 unspecified atom stereocenters. The van der Waals surface area contributed by atoms with Crippen LogP contribution < -0.4 is 4.90 Å². The molecule has 1 aromatic rings. The maximum atomic E-state index is 11.4. The Hall–Kier alpha value is -0.820. The second-order valence-electron chi connectivity index (χ2n) is 3.26. The van der Waals surface area contributed by atoms with E-state index in [0.29, 0.717) is 6.61 Å². The third kappa shape index (κ3) is 3.64. The van der Waals surface area contributed by atoms with Crippen molar-refractivity contribution in [1.82, 2.24) is 10.2 Å². The normalized spacial score (nSPS) is 12.2. The fourth-order valence-corrected chi connectivity index (χ4v) is 2.80. The number of carbonyl (C=O) groups is 1. The third-order valence-corrected chi connectivity index (χ3v) is 3.93. The molecule has 7 heteroatoms. The highest BCUT2D eigenvalue weighted by molar-refractivity contribution is 8.02. The Morgan fingerprint density at radius 2 is 2.25 bits per heavy atom. The van der Waals surface area contributed by atoms with E-state index < -0.39 is 0 Å². The molecule has 0 aliphatic heterocycles. The van der Waals surface area contributed by atoms with Gasteiger partial charge in [0.1, 0.15) is 5.25 Å². The predicted octanol–water partition coefficient (Wildman–Crippen LogP) is 1.65. The SMILES string of the molecule is CCOC(=O)C(C)Sc1nnc(N(C)C)s1. The number of thioether (sulfide) groups is 1. The zero-order valence-corrected chi connectivity index (χ0v) is 11.4. The molecule has 0 aromatic carbocycles.